The molecule has 0 unspecified atom stereocenters. The van der Waals surface area contributed by atoms with Crippen molar-refractivity contribution in [3.63, 3.8) is 0 Å². The van der Waals surface area contributed by atoms with Crippen LogP contribution in [0.1, 0.15) is 27.3 Å². The Morgan fingerprint density at radius 3 is 2.75 bits per heavy atom. The molecule has 5 rings (SSSR count). The molecule has 0 fully saturated rings. The number of furan rings is 1. The average Bonchev–Trinajstić information content (AvgIpc) is 3.39. The summed E-state index contributed by atoms with van der Waals surface area (Å²) in [6.07, 6.45) is 4.40. The van der Waals surface area contributed by atoms with Crippen molar-refractivity contribution in [2.24, 2.45) is 0 Å². The van der Waals surface area contributed by atoms with Crippen molar-refractivity contribution in [1.82, 2.24) is 19.9 Å². The number of hydrogen-bond donors (Lipinski definition) is 0. The maximum atomic E-state index is 11.6. The monoisotopic (exact) mass is 426 g/mol. The van der Waals surface area contributed by atoms with Gasteiger partial charge in [-0.1, -0.05) is 18.2 Å². The summed E-state index contributed by atoms with van der Waals surface area (Å²) < 4.78 is 10.2. The average molecular weight is 426 g/mol. The van der Waals surface area contributed by atoms with Crippen LogP contribution in [0.5, 0.6) is 0 Å². The van der Waals surface area contributed by atoms with Crippen LogP contribution < -0.4 is 0 Å². The molecule has 0 saturated carbocycles. The van der Waals surface area contributed by atoms with E-state index in [4.69, 9.17) is 19.1 Å². The second-order valence-electron chi connectivity index (χ2n) is 7.69. The zero-order chi connectivity index (χ0) is 21.9. The van der Waals surface area contributed by atoms with Crippen molar-refractivity contribution in [3.8, 4) is 22.8 Å². The van der Waals surface area contributed by atoms with Gasteiger partial charge in [-0.15, -0.1) is 0 Å². The van der Waals surface area contributed by atoms with Crippen LogP contribution in [0.25, 0.3) is 22.8 Å². The van der Waals surface area contributed by atoms with E-state index in [0.717, 1.165) is 54.3 Å². The van der Waals surface area contributed by atoms with Crippen LogP contribution in [0.2, 0.25) is 0 Å². The summed E-state index contributed by atoms with van der Waals surface area (Å²) in [5.41, 5.74) is 5.58. The summed E-state index contributed by atoms with van der Waals surface area (Å²) >= 11 is 0. The molecule has 0 N–H and O–H groups in total. The van der Waals surface area contributed by atoms with E-state index < -0.39 is 0 Å². The van der Waals surface area contributed by atoms with E-state index in [9.17, 15) is 4.79 Å². The van der Waals surface area contributed by atoms with Gasteiger partial charge in [0.05, 0.1) is 36.0 Å². The second kappa shape index (κ2) is 8.72. The van der Waals surface area contributed by atoms with Gasteiger partial charge in [0.2, 0.25) is 0 Å². The van der Waals surface area contributed by atoms with Gasteiger partial charge in [-0.25, -0.2) is 14.8 Å². The number of pyridine rings is 1. The predicted molar refractivity (Wildman–Crippen MR) is 119 cm³/mol. The van der Waals surface area contributed by atoms with E-state index >= 15 is 0 Å². The normalized spacial score (nSPS) is 13.5. The van der Waals surface area contributed by atoms with Gasteiger partial charge in [0, 0.05) is 43.4 Å². The number of ether oxygens (including phenoxy) is 1. The van der Waals surface area contributed by atoms with Crippen LogP contribution in [-0.4, -0.2) is 39.5 Å². The Morgan fingerprint density at radius 2 is 1.97 bits per heavy atom. The van der Waals surface area contributed by atoms with Gasteiger partial charge in [-0.3, -0.25) is 9.88 Å². The van der Waals surface area contributed by atoms with Gasteiger partial charge in [-0.05, 0) is 36.4 Å². The van der Waals surface area contributed by atoms with Crippen LogP contribution in [0, 0.1) is 0 Å². The highest BCUT2D eigenvalue weighted by Crippen LogP contribution is 2.23. The lowest BCUT2D eigenvalue weighted by Gasteiger charge is -2.27. The van der Waals surface area contributed by atoms with Crippen molar-refractivity contribution < 1.29 is 13.9 Å². The number of hydrogen-bond acceptors (Lipinski definition) is 7. The van der Waals surface area contributed by atoms with Gasteiger partial charge in [0.15, 0.2) is 11.6 Å². The first-order valence-electron chi connectivity index (χ1n) is 10.5. The molecule has 7 nitrogen and oxygen atoms in total. The Balaban J connectivity index is 1.29. The molecule has 1 aliphatic rings. The van der Waals surface area contributed by atoms with Crippen molar-refractivity contribution >= 4 is 5.97 Å². The molecule has 32 heavy (non-hydrogen) atoms. The molecule has 0 atom stereocenters. The number of fused-ring (bicyclic) bond motifs is 1. The fourth-order valence-corrected chi connectivity index (χ4v) is 3.89. The van der Waals surface area contributed by atoms with Gasteiger partial charge in [0.25, 0.3) is 0 Å². The summed E-state index contributed by atoms with van der Waals surface area (Å²) in [7, 11) is 1.38. The topological polar surface area (TPSA) is 81.4 Å². The summed E-state index contributed by atoms with van der Waals surface area (Å²) in [6, 6.07) is 17.1. The van der Waals surface area contributed by atoms with Gasteiger partial charge < -0.3 is 9.15 Å². The summed E-state index contributed by atoms with van der Waals surface area (Å²) in [4.78, 5) is 28.0. The minimum atomic E-state index is -0.344. The lowest BCUT2D eigenvalue weighted by molar-refractivity contribution is 0.0600. The summed E-state index contributed by atoms with van der Waals surface area (Å²) in [5, 5.41) is 0. The van der Waals surface area contributed by atoms with Crippen LogP contribution in [0.4, 0.5) is 0 Å². The highest BCUT2D eigenvalue weighted by Gasteiger charge is 2.20. The summed E-state index contributed by atoms with van der Waals surface area (Å²) in [5.74, 6) is 0.981. The number of aromatic nitrogens is 3. The smallest absolute Gasteiger partial charge is 0.337 e. The first-order valence-corrected chi connectivity index (χ1v) is 10.5. The van der Waals surface area contributed by atoms with E-state index in [1.165, 1.54) is 7.11 Å². The Bertz CT molecular complexity index is 1240. The van der Waals surface area contributed by atoms with E-state index in [-0.39, 0.29) is 5.97 Å². The third-order valence-electron chi connectivity index (χ3n) is 5.55. The molecular formula is C25H22N4O3. The van der Waals surface area contributed by atoms with Gasteiger partial charge in [-0.2, -0.15) is 0 Å². The second-order valence-corrected chi connectivity index (χ2v) is 7.69. The van der Waals surface area contributed by atoms with Crippen molar-refractivity contribution in [3.05, 3.63) is 89.6 Å². The number of carbonyl (C=O) groups excluding carboxylic acids is 1. The largest absolute Gasteiger partial charge is 0.465 e. The molecule has 1 aromatic carbocycles. The van der Waals surface area contributed by atoms with E-state index in [1.54, 1.807) is 18.4 Å². The fourth-order valence-electron chi connectivity index (χ4n) is 3.89. The molecule has 4 aromatic rings. The molecule has 4 heterocycles. The molecule has 160 valence electrons. The highest BCUT2D eigenvalue weighted by atomic mass is 16.5. The zero-order valence-electron chi connectivity index (χ0n) is 17.7. The van der Waals surface area contributed by atoms with Gasteiger partial charge >= 0.3 is 5.97 Å². The molecule has 1 aliphatic heterocycles. The minimum absolute atomic E-state index is 0.344. The lowest BCUT2D eigenvalue weighted by Crippen LogP contribution is -2.31. The molecule has 0 bridgehead atoms. The third kappa shape index (κ3) is 4.15. The summed E-state index contributed by atoms with van der Waals surface area (Å²) in [6.45, 7) is 2.43. The molecular weight excluding hydrogens is 404 g/mol. The molecule has 0 amide bonds. The molecule has 0 aliphatic carbocycles. The Hall–Kier alpha value is -3.84. The molecule has 3 aromatic heterocycles. The maximum absolute atomic E-state index is 11.6. The van der Waals surface area contributed by atoms with Crippen molar-refractivity contribution in [2.45, 2.75) is 19.5 Å². The Labute approximate surface area is 185 Å². The standard InChI is InChI=1S/C25H22N4O3/c1-31-25(30)18-9-7-17(8-10-18)21-5-2-4-20(27-21)16-29-12-11-22-19(15-29)14-26-24(28-22)23-6-3-13-32-23/h2-10,13-14H,11-12,15-16H2,1H3. The predicted octanol–water partition coefficient (Wildman–Crippen LogP) is 4.14. The first-order chi connectivity index (χ1) is 15.7. The number of nitrogens with zero attached hydrogens (tertiary/aromatic N) is 4. The maximum Gasteiger partial charge on any atom is 0.337 e. The number of benzene rings is 1. The number of methoxy groups -OCH3 is 1. The Kier molecular flexibility index (Phi) is 5.47. The third-order valence-corrected chi connectivity index (χ3v) is 5.55. The van der Waals surface area contributed by atoms with Crippen molar-refractivity contribution in [1.29, 1.82) is 0 Å². The SMILES string of the molecule is COC(=O)c1ccc(-c2cccc(CN3CCc4nc(-c5ccco5)ncc4C3)n2)cc1. The number of carbonyl (C=O) groups is 1. The lowest BCUT2D eigenvalue weighted by atomic mass is 10.1. The van der Waals surface area contributed by atoms with E-state index in [0.29, 0.717) is 17.1 Å². The number of rotatable bonds is 5. The van der Waals surface area contributed by atoms with Crippen LogP contribution in [-0.2, 0) is 24.2 Å². The van der Waals surface area contributed by atoms with E-state index in [1.807, 2.05) is 48.7 Å². The number of esters is 1. The zero-order valence-corrected chi connectivity index (χ0v) is 17.7. The fraction of sp³-hybridized carbons (Fsp3) is 0.200. The molecule has 0 spiro atoms. The van der Waals surface area contributed by atoms with Crippen LogP contribution in [0.3, 0.4) is 0 Å². The van der Waals surface area contributed by atoms with Crippen molar-refractivity contribution in [2.75, 3.05) is 13.7 Å². The van der Waals surface area contributed by atoms with E-state index in [2.05, 4.69) is 9.88 Å². The molecule has 0 radical (unpaired) electrons. The minimum Gasteiger partial charge on any atom is -0.465 e. The quantitative estimate of drug-likeness (QED) is 0.444. The highest BCUT2D eigenvalue weighted by molar-refractivity contribution is 5.89. The van der Waals surface area contributed by atoms with Crippen LogP contribution >= 0.6 is 0 Å². The first kappa shape index (κ1) is 20.1. The molecule has 0 saturated heterocycles. The van der Waals surface area contributed by atoms with Crippen LogP contribution in [0.15, 0.2) is 71.5 Å². The van der Waals surface area contributed by atoms with Gasteiger partial charge in [0.1, 0.15) is 0 Å². The molecule has 7 heteroatoms. The Morgan fingerprint density at radius 1 is 1.09 bits per heavy atom.